The highest BCUT2D eigenvalue weighted by molar-refractivity contribution is 6.00. The third-order valence-corrected chi connectivity index (χ3v) is 4.27. The summed E-state index contributed by atoms with van der Waals surface area (Å²) in [7, 11) is 1.46. The van der Waals surface area contributed by atoms with Gasteiger partial charge >= 0.3 is 12.3 Å². The van der Waals surface area contributed by atoms with E-state index >= 15 is 0 Å². The number of amides is 3. The first kappa shape index (κ1) is 21.7. The number of urea groups is 1. The van der Waals surface area contributed by atoms with Crippen LogP contribution in [0.1, 0.15) is 10.5 Å². The fourth-order valence-corrected chi connectivity index (χ4v) is 2.84. The Balaban J connectivity index is 1.40. The maximum absolute atomic E-state index is 14.5. The molecule has 2 heterocycles. The maximum Gasteiger partial charge on any atom is 0.586 e. The highest BCUT2D eigenvalue weighted by atomic mass is 19.3. The molecule has 0 spiro atoms. The summed E-state index contributed by atoms with van der Waals surface area (Å²) in [5, 5.41) is 7.11. The van der Waals surface area contributed by atoms with Gasteiger partial charge in [0, 0.05) is 37.1 Å². The molecule has 0 unspecified atom stereocenters. The Kier molecular flexibility index (Phi) is 5.65. The molecule has 0 atom stereocenters. The Bertz CT molecular complexity index is 1240. The lowest BCUT2D eigenvalue weighted by Crippen LogP contribution is -2.25. The van der Waals surface area contributed by atoms with Gasteiger partial charge in [-0.3, -0.25) is 9.78 Å². The summed E-state index contributed by atoms with van der Waals surface area (Å²) in [6.45, 7) is 0. The molecule has 9 nitrogen and oxygen atoms in total. The zero-order valence-electron chi connectivity index (χ0n) is 16.8. The number of benzene rings is 2. The molecule has 0 saturated carbocycles. The van der Waals surface area contributed by atoms with Gasteiger partial charge in [-0.1, -0.05) is 0 Å². The van der Waals surface area contributed by atoms with Gasteiger partial charge in [-0.15, -0.1) is 8.78 Å². The molecule has 1 aliphatic heterocycles. The molecule has 170 valence electrons. The number of fused-ring (bicyclic) bond motifs is 1. The number of rotatable bonds is 5. The van der Waals surface area contributed by atoms with Gasteiger partial charge in [0.15, 0.2) is 11.5 Å². The van der Waals surface area contributed by atoms with Crippen molar-refractivity contribution in [1.82, 2.24) is 10.3 Å². The number of aromatic nitrogens is 1. The highest BCUT2D eigenvalue weighted by Gasteiger charge is 2.43. The SMILES string of the molecule is CNC(=O)c1cc(Oc2ccc(NC(=O)Nc3ccc4c(c3)OC(F)(F)O4)c(F)c2)ccn1. The number of carbonyl (C=O) groups is 2. The Morgan fingerprint density at radius 2 is 1.73 bits per heavy atom. The van der Waals surface area contributed by atoms with E-state index in [1.165, 1.54) is 49.6 Å². The van der Waals surface area contributed by atoms with Gasteiger partial charge in [-0.25, -0.2) is 9.18 Å². The number of hydrogen-bond donors (Lipinski definition) is 3. The first-order valence-electron chi connectivity index (χ1n) is 9.36. The molecule has 12 heteroatoms. The molecule has 1 aliphatic rings. The van der Waals surface area contributed by atoms with Gasteiger partial charge in [-0.05, 0) is 30.3 Å². The van der Waals surface area contributed by atoms with E-state index in [-0.39, 0.29) is 40.1 Å². The molecular weight excluding hydrogens is 445 g/mol. The summed E-state index contributed by atoms with van der Waals surface area (Å²) in [5.41, 5.74) is 0.0862. The molecule has 3 N–H and O–H groups in total. The molecule has 0 radical (unpaired) electrons. The van der Waals surface area contributed by atoms with Gasteiger partial charge in [0.2, 0.25) is 0 Å². The zero-order chi connectivity index (χ0) is 23.6. The topological polar surface area (TPSA) is 111 Å². The van der Waals surface area contributed by atoms with Crippen LogP contribution in [-0.4, -0.2) is 30.3 Å². The van der Waals surface area contributed by atoms with Gasteiger partial charge in [-0.2, -0.15) is 0 Å². The van der Waals surface area contributed by atoms with Crippen LogP contribution in [0.5, 0.6) is 23.0 Å². The minimum atomic E-state index is -3.78. The molecule has 1 aromatic heterocycles. The fraction of sp³-hybridized carbons (Fsp3) is 0.0952. The Morgan fingerprint density at radius 1 is 0.970 bits per heavy atom. The number of nitrogens with one attached hydrogen (secondary N) is 3. The Morgan fingerprint density at radius 3 is 2.48 bits per heavy atom. The molecule has 4 rings (SSSR count). The van der Waals surface area contributed by atoms with Crippen LogP contribution in [0.2, 0.25) is 0 Å². The average Bonchev–Trinajstić information content (AvgIpc) is 3.08. The van der Waals surface area contributed by atoms with Gasteiger partial charge in [0.05, 0.1) is 5.69 Å². The van der Waals surface area contributed by atoms with Gasteiger partial charge in [0.1, 0.15) is 23.0 Å². The summed E-state index contributed by atoms with van der Waals surface area (Å²) in [5.74, 6) is -1.26. The van der Waals surface area contributed by atoms with Crippen LogP contribution in [0.4, 0.5) is 29.3 Å². The molecule has 33 heavy (non-hydrogen) atoms. The minimum Gasteiger partial charge on any atom is -0.457 e. The van der Waals surface area contributed by atoms with E-state index in [2.05, 4.69) is 30.4 Å². The van der Waals surface area contributed by atoms with E-state index < -0.39 is 24.1 Å². The first-order valence-corrected chi connectivity index (χ1v) is 9.36. The monoisotopic (exact) mass is 460 g/mol. The summed E-state index contributed by atoms with van der Waals surface area (Å²) >= 11 is 0. The second kappa shape index (κ2) is 8.57. The van der Waals surface area contributed by atoms with Crippen molar-refractivity contribution in [3.8, 4) is 23.0 Å². The van der Waals surface area contributed by atoms with Crippen molar-refractivity contribution in [3.63, 3.8) is 0 Å². The number of nitrogens with zero attached hydrogens (tertiary/aromatic N) is 1. The van der Waals surface area contributed by atoms with Gasteiger partial charge < -0.3 is 30.2 Å². The quantitative estimate of drug-likeness (QED) is 0.523. The van der Waals surface area contributed by atoms with Crippen molar-refractivity contribution >= 4 is 23.3 Å². The summed E-state index contributed by atoms with van der Waals surface area (Å²) < 4.78 is 54.8. The lowest BCUT2D eigenvalue weighted by molar-refractivity contribution is -0.286. The van der Waals surface area contributed by atoms with Gasteiger partial charge in [0.25, 0.3) is 5.91 Å². The second-order valence-corrected chi connectivity index (χ2v) is 6.61. The predicted molar refractivity (Wildman–Crippen MR) is 109 cm³/mol. The smallest absolute Gasteiger partial charge is 0.457 e. The van der Waals surface area contributed by atoms with E-state index in [0.717, 1.165) is 12.1 Å². The normalized spacial score (nSPS) is 13.2. The standard InChI is InChI=1S/C21H15F3N4O5/c1-25-19(29)16-10-13(6-7-26-16)31-12-3-4-15(14(22)9-12)28-20(30)27-11-2-5-17-18(8-11)33-21(23,24)32-17/h2-10H,1H3,(H,25,29)(H2,27,28,30). The largest absolute Gasteiger partial charge is 0.586 e. The number of ether oxygens (including phenoxy) is 3. The van der Waals surface area contributed by atoms with Crippen molar-refractivity contribution in [2.75, 3.05) is 17.7 Å². The molecule has 2 aromatic carbocycles. The number of hydrogen-bond acceptors (Lipinski definition) is 6. The Labute approximate surface area is 184 Å². The van der Waals surface area contributed by atoms with Crippen molar-refractivity contribution < 1.29 is 37.0 Å². The van der Waals surface area contributed by atoms with Crippen LogP contribution in [0, 0.1) is 5.82 Å². The second-order valence-electron chi connectivity index (χ2n) is 6.61. The molecule has 0 saturated heterocycles. The number of carbonyl (C=O) groups excluding carboxylic acids is 2. The lowest BCUT2D eigenvalue weighted by Gasteiger charge is -2.11. The summed E-state index contributed by atoms with van der Waals surface area (Å²) in [6.07, 6.45) is -2.41. The summed E-state index contributed by atoms with van der Waals surface area (Å²) in [6, 6.07) is 9.43. The first-order chi connectivity index (χ1) is 15.7. The van der Waals surface area contributed by atoms with Crippen LogP contribution in [-0.2, 0) is 0 Å². The molecule has 0 bridgehead atoms. The minimum absolute atomic E-state index is 0.115. The number of pyridine rings is 1. The van der Waals surface area contributed by atoms with Crippen LogP contribution in [0.15, 0.2) is 54.7 Å². The van der Waals surface area contributed by atoms with Crippen molar-refractivity contribution in [3.05, 3.63) is 66.2 Å². The van der Waals surface area contributed by atoms with E-state index in [1.807, 2.05) is 0 Å². The van der Waals surface area contributed by atoms with Crippen LogP contribution < -0.4 is 30.2 Å². The molecule has 3 amide bonds. The predicted octanol–water partition coefficient (Wildman–Crippen LogP) is 4.34. The maximum atomic E-state index is 14.5. The lowest BCUT2D eigenvalue weighted by atomic mass is 10.2. The Hall–Kier alpha value is -4.48. The van der Waals surface area contributed by atoms with E-state index in [1.54, 1.807) is 0 Å². The number of anilines is 2. The highest BCUT2D eigenvalue weighted by Crippen LogP contribution is 2.42. The zero-order valence-corrected chi connectivity index (χ0v) is 16.8. The van der Waals surface area contributed by atoms with Crippen molar-refractivity contribution in [2.24, 2.45) is 0 Å². The summed E-state index contributed by atoms with van der Waals surface area (Å²) in [4.78, 5) is 27.7. The third kappa shape index (κ3) is 5.06. The molecule has 3 aromatic rings. The van der Waals surface area contributed by atoms with E-state index in [4.69, 9.17) is 4.74 Å². The molecular formula is C21H15F3N4O5. The molecule has 0 fully saturated rings. The number of alkyl halides is 2. The van der Waals surface area contributed by atoms with E-state index in [9.17, 15) is 22.8 Å². The van der Waals surface area contributed by atoms with Crippen molar-refractivity contribution in [1.29, 1.82) is 0 Å². The third-order valence-electron chi connectivity index (χ3n) is 4.27. The van der Waals surface area contributed by atoms with Crippen LogP contribution in [0.25, 0.3) is 0 Å². The number of halogens is 3. The fourth-order valence-electron chi connectivity index (χ4n) is 2.84. The molecule has 0 aliphatic carbocycles. The average molecular weight is 460 g/mol. The van der Waals surface area contributed by atoms with E-state index in [0.29, 0.717) is 0 Å². The van der Waals surface area contributed by atoms with Crippen molar-refractivity contribution in [2.45, 2.75) is 6.29 Å². The van der Waals surface area contributed by atoms with Crippen LogP contribution >= 0.6 is 0 Å². The van der Waals surface area contributed by atoms with Crippen LogP contribution in [0.3, 0.4) is 0 Å².